The van der Waals surface area contributed by atoms with Crippen molar-refractivity contribution in [2.24, 2.45) is 0 Å². The van der Waals surface area contributed by atoms with Gasteiger partial charge in [-0.15, -0.1) is 6.58 Å². The van der Waals surface area contributed by atoms with Gasteiger partial charge in [-0.1, -0.05) is 42.8 Å². The number of halogens is 1. The molecule has 0 N–H and O–H groups in total. The van der Waals surface area contributed by atoms with Gasteiger partial charge in [0.2, 0.25) is 0 Å². The molecule has 1 saturated heterocycles. The van der Waals surface area contributed by atoms with Crippen LogP contribution in [-0.4, -0.2) is 51.6 Å². The maximum atomic E-state index is 13.5. The van der Waals surface area contributed by atoms with Crippen molar-refractivity contribution < 1.29 is 17.9 Å². The molecule has 2 aromatic rings. The molecule has 8 heteroatoms. The van der Waals surface area contributed by atoms with Crippen LogP contribution in [0, 0.1) is 0 Å². The number of piperidine rings is 1. The Morgan fingerprint density at radius 1 is 1.28 bits per heavy atom. The highest BCUT2D eigenvalue weighted by atomic mass is 35.5. The third-order valence-electron chi connectivity index (χ3n) is 5.31. The van der Waals surface area contributed by atoms with Gasteiger partial charge in [-0.25, -0.2) is 8.42 Å². The van der Waals surface area contributed by atoms with E-state index in [1.165, 1.54) is 22.5 Å². The van der Waals surface area contributed by atoms with Gasteiger partial charge < -0.3 is 9.64 Å². The average molecular weight is 477 g/mol. The number of para-hydroxylation sites is 1. The Morgan fingerprint density at radius 2 is 2.03 bits per heavy atom. The lowest BCUT2D eigenvalue weighted by Gasteiger charge is -2.33. The Bertz CT molecular complexity index is 1040. The van der Waals surface area contributed by atoms with Gasteiger partial charge in [0.1, 0.15) is 4.90 Å². The summed E-state index contributed by atoms with van der Waals surface area (Å²) in [7, 11) is -4.02. The van der Waals surface area contributed by atoms with Crippen molar-refractivity contribution >= 4 is 33.2 Å². The van der Waals surface area contributed by atoms with E-state index in [0.29, 0.717) is 25.4 Å². The molecule has 0 aromatic heterocycles. The molecule has 1 aliphatic heterocycles. The number of rotatable bonds is 9. The van der Waals surface area contributed by atoms with E-state index in [-0.39, 0.29) is 34.0 Å². The molecular weight excluding hydrogens is 448 g/mol. The van der Waals surface area contributed by atoms with Crippen LogP contribution in [0.5, 0.6) is 0 Å². The van der Waals surface area contributed by atoms with Crippen LogP contribution in [0.1, 0.15) is 36.5 Å². The normalized spacial score (nSPS) is 16.6. The summed E-state index contributed by atoms with van der Waals surface area (Å²) in [6.07, 6.45) is 4.20. The molecule has 1 unspecified atom stereocenters. The van der Waals surface area contributed by atoms with Gasteiger partial charge in [0.15, 0.2) is 0 Å². The molecule has 1 heterocycles. The standard InChI is InChI=1S/C24H29ClN2O4S/c1-3-14-27(20-9-6-5-7-10-20)32(29,30)23-17-19(12-13-22(23)25)24(28)26-15-8-11-21(18-26)31-16-4-2/h3,5-7,9-10,12-13,17,21H,1,4,8,11,14-16,18H2,2H3. The fraction of sp³-hybridized carbons (Fsp3) is 0.375. The van der Waals surface area contributed by atoms with Crippen LogP contribution in [-0.2, 0) is 14.8 Å². The first-order chi connectivity index (χ1) is 15.4. The van der Waals surface area contributed by atoms with Crippen LogP contribution in [0.2, 0.25) is 5.02 Å². The van der Waals surface area contributed by atoms with Crippen LogP contribution in [0.25, 0.3) is 0 Å². The number of sulfonamides is 1. The summed E-state index contributed by atoms with van der Waals surface area (Å²) >= 11 is 6.31. The molecule has 0 radical (unpaired) electrons. The highest BCUT2D eigenvalue weighted by Crippen LogP contribution is 2.30. The van der Waals surface area contributed by atoms with Crippen molar-refractivity contribution in [3.05, 3.63) is 71.8 Å². The molecule has 0 spiro atoms. The number of carbonyl (C=O) groups excluding carboxylic acids is 1. The Labute approximate surface area is 195 Å². The predicted molar refractivity (Wildman–Crippen MR) is 128 cm³/mol. The second-order valence-electron chi connectivity index (χ2n) is 7.69. The fourth-order valence-electron chi connectivity index (χ4n) is 3.73. The number of ether oxygens (including phenoxy) is 1. The number of amides is 1. The maximum Gasteiger partial charge on any atom is 0.266 e. The lowest BCUT2D eigenvalue weighted by atomic mass is 10.1. The van der Waals surface area contributed by atoms with Gasteiger partial charge in [0.05, 0.1) is 23.4 Å². The topological polar surface area (TPSA) is 66.9 Å². The highest BCUT2D eigenvalue weighted by molar-refractivity contribution is 7.93. The first-order valence-electron chi connectivity index (χ1n) is 10.8. The number of carbonyl (C=O) groups is 1. The van der Waals surface area contributed by atoms with Crippen molar-refractivity contribution in [1.82, 2.24) is 4.90 Å². The molecule has 1 amide bonds. The monoisotopic (exact) mass is 476 g/mol. The largest absolute Gasteiger partial charge is 0.376 e. The van der Waals surface area contributed by atoms with E-state index in [1.54, 1.807) is 35.2 Å². The number of hydrogen-bond acceptors (Lipinski definition) is 4. The van der Waals surface area contributed by atoms with Crippen molar-refractivity contribution in [1.29, 1.82) is 0 Å². The molecule has 3 rings (SSSR count). The number of likely N-dealkylation sites (tertiary alicyclic amines) is 1. The summed E-state index contributed by atoms with van der Waals surface area (Å²) in [4.78, 5) is 14.8. The molecule has 1 aliphatic rings. The minimum atomic E-state index is -4.02. The van der Waals surface area contributed by atoms with Gasteiger partial charge in [0.25, 0.3) is 15.9 Å². The molecule has 1 atom stereocenters. The summed E-state index contributed by atoms with van der Waals surface area (Å²) in [5.41, 5.74) is 0.780. The number of benzene rings is 2. The van der Waals surface area contributed by atoms with Crippen LogP contribution in [0.15, 0.2) is 66.1 Å². The van der Waals surface area contributed by atoms with Crippen LogP contribution >= 0.6 is 11.6 Å². The minimum absolute atomic E-state index is 0.00400. The van der Waals surface area contributed by atoms with Gasteiger partial charge in [-0.05, 0) is 49.6 Å². The summed E-state index contributed by atoms with van der Waals surface area (Å²) in [5, 5.41) is 0.0642. The number of hydrogen-bond donors (Lipinski definition) is 0. The summed E-state index contributed by atoms with van der Waals surface area (Å²) < 4.78 is 34.1. The zero-order valence-electron chi connectivity index (χ0n) is 18.2. The molecule has 172 valence electrons. The summed E-state index contributed by atoms with van der Waals surface area (Å²) in [6, 6.07) is 13.1. The van der Waals surface area contributed by atoms with Crippen LogP contribution in [0.3, 0.4) is 0 Å². The van der Waals surface area contributed by atoms with Crippen LogP contribution in [0.4, 0.5) is 5.69 Å². The third-order valence-corrected chi connectivity index (χ3v) is 7.58. The SMILES string of the molecule is C=CCN(c1ccccc1)S(=O)(=O)c1cc(C(=O)N2CCCC(OCCC)C2)ccc1Cl. The quantitative estimate of drug-likeness (QED) is 0.490. The summed E-state index contributed by atoms with van der Waals surface area (Å²) in [6.45, 7) is 7.57. The van der Waals surface area contributed by atoms with E-state index >= 15 is 0 Å². The molecule has 0 bridgehead atoms. The van der Waals surface area contributed by atoms with Crippen molar-refractivity contribution in [2.45, 2.75) is 37.2 Å². The fourth-order valence-corrected chi connectivity index (χ4v) is 5.67. The molecule has 6 nitrogen and oxygen atoms in total. The molecule has 0 aliphatic carbocycles. The minimum Gasteiger partial charge on any atom is -0.376 e. The maximum absolute atomic E-state index is 13.5. The van der Waals surface area contributed by atoms with Crippen molar-refractivity contribution in [3.8, 4) is 0 Å². The Kier molecular flexibility index (Phi) is 8.34. The first-order valence-corrected chi connectivity index (χ1v) is 12.6. The van der Waals surface area contributed by atoms with Crippen LogP contribution < -0.4 is 4.31 Å². The Hall–Kier alpha value is -2.35. The molecular formula is C24H29ClN2O4S. The Balaban J connectivity index is 1.90. The molecule has 2 aromatic carbocycles. The lowest BCUT2D eigenvalue weighted by molar-refractivity contribution is 0.00210. The van der Waals surface area contributed by atoms with Gasteiger partial charge in [0, 0.05) is 25.3 Å². The molecule has 32 heavy (non-hydrogen) atoms. The van der Waals surface area contributed by atoms with Gasteiger partial charge in [-0.3, -0.25) is 9.10 Å². The first kappa shape index (κ1) is 24.3. The zero-order chi connectivity index (χ0) is 23.1. The zero-order valence-corrected chi connectivity index (χ0v) is 19.8. The average Bonchev–Trinajstić information content (AvgIpc) is 2.81. The van der Waals surface area contributed by atoms with E-state index in [9.17, 15) is 13.2 Å². The second kappa shape index (κ2) is 11.0. The van der Waals surface area contributed by atoms with Crippen molar-refractivity contribution in [3.63, 3.8) is 0 Å². The number of anilines is 1. The highest BCUT2D eigenvalue weighted by Gasteiger charge is 2.29. The second-order valence-corrected chi connectivity index (χ2v) is 9.93. The predicted octanol–water partition coefficient (Wildman–Crippen LogP) is 4.75. The van der Waals surface area contributed by atoms with Crippen molar-refractivity contribution in [2.75, 3.05) is 30.5 Å². The van der Waals surface area contributed by atoms with E-state index in [0.717, 1.165) is 19.3 Å². The smallest absolute Gasteiger partial charge is 0.266 e. The van der Waals surface area contributed by atoms with E-state index in [1.807, 2.05) is 13.0 Å². The van der Waals surface area contributed by atoms with E-state index in [4.69, 9.17) is 16.3 Å². The number of nitrogens with zero attached hydrogens (tertiary/aromatic N) is 2. The lowest BCUT2D eigenvalue weighted by Crippen LogP contribution is -2.43. The van der Waals surface area contributed by atoms with Gasteiger partial charge >= 0.3 is 0 Å². The third kappa shape index (κ3) is 5.52. The van der Waals surface area contributed by atoms with Gasteiger partial charge in [-0.2, -0.15) is 0 Å². The summed E-state index contributed by atoms with van der Waals surface area (Å²) in [5.74, 6) is -0.224. The van der Waals surface area contributed by atoms with E-state index < -0.39 is 10.0 Å². The molecule has 0 saturated carbocycles. The Morgan fingerprint density at radius 3 is 2.72 bits per heavy atom. The van der Waals surface area contributed by atoms with E-state index in [2.05, 4.69) is 6.58 Å². The molecule has 1 fully saturated rings.